The van der Waals surface area contributed by atoms with E-state index in [-0.39, 0.29) is 11.5 Å². The van der Waals surface area contributed by atoms with Gasteiger partial charge in [0.25, 0.3) is 0 Å². The number of Topliss-reactive ketones (excluding diaryl/α,β-unsaturated/α-hetero) is 1. The Morgan fingerprint density at radius 1 is 1.11 bits per heavy atom. The Morgan fingerprint density at radius 2 is 1.94 bits per heavy atom. The van der Waals surface area contributed by atoms with Crippen LogP contribution < -0.4 is 10.1 Å². The summed E-state index contributed by atoms with van der Waals surface area (Å²) in [7, 11) is 1.58. The van der Waals surface area contributed by atoms with Crippen LogP contribution in [0, 0.1) is 25.2 Å². The van der Waals surface area contributed by atoms with E-state index in [9.17, 15) is 10.1 Å². The third kappa shape index (κ3) is 4.01. The van der Waals surface area contributed by atoms with Gasteiger partial charge in [0, 0.05) is 11.8 Å². The Kier molecular flexibility index (Phi) is 5.62. The summed E-state index contributed by atoms with van der Waals surface area (Å²) in [6, 6.07) is 14.5. The summed E-state index contributed by atoms with van der Waals surface area (Å²) in [4.78, 5) is 21.6. The first kappa shape index (κ1) is 22.7. The minimum Gasteiger partial charge on any atom is -0.494 e. The fraction of sp³-hybridized carbons (Fsp3) is 0.160. The lowest BCUT2D eigenvalue weighted by atomic mass is 10.2. The van der Waals surface area contributed by atoms with Crippen molar-refractivity contribution in [1.29, 1.82) is 5.26 Å². The Labute approximate surface area is 206 Å². The minimum absolute atomic E-state index is 0.164. The number of fused-ring (bicyclic) bond motifs is 1. The van der Waals surface area contributed by atoms with E-state index in [1.807, 2.05) is 37.3 Å². The van der Waals surface area contributed by atoms with E-state index in [0.29, 0.717) is 45.7 Å². The maximum absolute atomic E-state index is 12.3. The first-order valence-electron chi connectivity index (χ1n) is 11.0. The molecular formula is C25H21N9O2. The number of hydrogen-bond donors (Lipinski definition) is 1. The number of aryl methyl sites for hydroxylation is 2. The molecule has 0 aliphatic heterocycles. The van der Waals surface area contributed by atoms with Gasteiger partial charge in [-0.2, -0.15) is 15.5 Å². The first-order valence-corrected chi connectivity index (χ1v) is 11.0. The van der Waals surface area contributed by atoms with Crippen LogP contribution in [0.25, 0.3) is 22.7 Å². The number of imidazole rings is 1. The van der Waals surface area contributed by atoms with Crippen molar-refractivity contribution in [2.75, 3.05) is 12.4 Å². The molecule has 0 aliphatic rings. The van der Waals surface area contributed by atoms with Gasteiger partial charge in [-0.25, -0.2) is 14.6 Å². The van der Waals surface area contributed by atoms with E-state index in [4.69, 9.17) is 9.72 Å². The Hall–Kier alpha value is -5.11. The largest absolute Gasteiger partial charge is 0.494 e. The number of hydrogen-bond acceptors (Lipinski definition) is 9. The zero-order valence-corrected chi connectivity index (χ0v) is 20.0. The minimum atomic E-state index is -0.164. The second kappa shape index (κ2) is 8.92. The van der Waals surface area contributed by atoms with Crippen LogP contribution in [0.2, 0.25) is 0 Å². The summed E-state index contributed by atoms with van der Waals surface area (Å²) in [6.45, 7) is 5.14. The summed E-state index contributed by atoms with van der Waals surface area (Å²) in [5, 5.41) is 25.1. The number of nitriles is 1. The molecule has 1 aromatic carbocycles. The lowest BCUT2D eigenvalue weighted by Gasteiger charge is -2.13. The van der Waals surface area contributed by atoms with Crippen LogP contribution >= 0.6 is 0 Å². The topological polar surface area (TPSA) is 136 Å². The molecule has 0 saturated heterocycles. The van der Waals surface area contributed by atoms with Crippen molar-refractivity contribution in [2.24, 2.45) is 0 Å². The van der Waals surface area contributed by atoms with Gasteiger partial charge in [0.2, 0.25) is 0 Å². The molecule has 0 spiro atoms. The molecule has 0 saturated carbocycles. The monoisotopic (exact) mass is 479 g/mol. The van der Waals surface area contributed by atoms with Crippen LogP contribution in [0.1, 0.15) is 34.4 Å². The van der Waals surface area contributed by atoms with Gasteiger partial charge in [-0.1, -0.05) is 0 Å². The number of ketones is 1. The molecule has 11 heteroatoms. The number of pyridine rings is 1. The van der Waals surface area contributed by atoms with Crippen LogP contribution in [0.3, 0.4) is 0 Å². The van der Waals surface area contributed by atoms with Gasteiger partial charge >= 0.3 is 0 Å². The molecule has 0 bridgehead atoms. The summed E-state index contributed by atoms with van der Waals surface area (Å²) in [6.07, 6.45) is 1.65. The number of anilines is 2. The molecular weight excluding hydrogens is 458 g/mol. The molecule has 0 amide bonds. The smallest absolute Gasteiger partial charge is 0.166 e. The van der Waals surface area contributed by atoms with Crippen molar-refractivity contribution >= 4 is 28.3 Å². The molecule has 4 aromatic heterocycles. The Balaban J connectivity index is 1.64. The SMILES string of the molecule is COc1cc2ncn(-c3ccc(C(C)=O)c(-n4nc(C#N)cc4C)n3)c2cc1Nc1ccc(C)nn1. The fourth-order valence-corrected chi connectivity index (χ4v) is 3.84. The second-order valence-corrected chi connectivity index (χ2v) is 8.13. The van der Waals surface area contributed by atoms with Gasteiger partial charge in [0.1, 0.15) is 24.0 Å². The summed E-state index contributed by atoms with van der Waals surface area (Å²) in [5.74, 6) is 1.85. The highest BCUT2D eigenvalue weighted by molar-refractivity contribution is 5.97. The molecule has 0 radical (unpaired) electrons. The number of rotatable bonds is 6. The molecule has 5 rings (SSSR count). The molecule has 0 unspecified atom stereocenters. The highest BCUT2D eigenvalue weighted by Crippen LogP contribution is 2.33. The Morgan fingerprint density at radius 3 is 2.61 bits per heavy atom. The van der Waals surface area contributed by atoms with E-state index >= 15 is 0 Å². The van der Waals surface area contributed by atoms with Crippen LogP contribution in [0.5, 0.6) is 5.75 Å². The number of carbonyl (C=O) groups is 1. The average Bonchev–Trinajstić information content (AvgIpc) is 3.47. The highest BCUT2D eigenvalue weighted by atomic mass is 16.5. The van der Waals surface area contributed by atoms with E-state index in [1.165, 1.54) is 11.6 Å². The highest BCUT2D eigenvalue weighted by Gasteiger charge is 2.18. The molecule has 1 N–H and O–H groups in total. The predicted molar refractivity (Wildman–Crippen MR) is 132 cm³/mol. The standard InChI is InChI=1S/C25H21N9O2/c1-14-5-7-23(31-30-14)28-20-10-21-19(11-22(20)36-4)27-13-33(21)24-8-6-18(16(3)35)25(29-24)34-15(2)9-17(12-26)32-34/h5-11,13H,1-4H3,(H,28,31). The molecule has 5 aromatic rings. The molecule has 11 nitrogen and oxygen atoms in total. The maximum atomic E-state index is 12.3. The lowest BCUT2D eigenvalue weighted by molar-refractivity contribution is 0.101. The molecule has 0 atom stereocenters. The number of nitrogens with zero attached hydrogens (tertiary/aromatic N) is 8. The number of aromatic nitrogens is 7. The number of benzene rings is 1. The van der Waals surface area contributed by atoms with Crippen LogP contribution in [-0.4, -0.2) is 47.4 Å². The van der Waals surface area contributed by atoms with Crippen LogP contribution in [-0.2, 0) is 0 Å². The zero-order chi connectivity index (χ0) is 25.4. The van der Waals surface area contributed by atoms with Crippen molar-refractivity contribution in [3.8, 4) is 23.5 Å². The first-order chi connectivity index (χ1) is 17.4. The number of carbonyl (C=O) groups excluding carboxylic acids is 1. The fourth-order valence-electron chi connectivity index (χ4n) is 3.84. The van der Waals surface area contributed by atoms with E-state index in [1.54, 1.807) is 43.1 Å². The maximum Gasteiger partial charge on any atom is 0.166 e. The van der Waals surface area contributed by atoms with E-state index < -0.39 is 0 Å². The number of methoxy groups -OCH3 is 1. The number of ether oxygens (including phenoxy) is 1. The van der Waals surface area contributed by atoms with Crippen molar-refractivity contribution < 1.29 is 9.53 Å². The van der Waals surface area contributed by atoms with Gasteiger partial charge in [-0.05, 0) is 57.2 Å². The van der Waals surface area contributed by atoms with Crippen molar-refractivity contribution in [3.05, 3.63) is 71.4 Å². The van der Waals surface area contributed by atoms with Gasteiger partial charge in [0.15, 0.2) is 23.1 Å². The summed E-state index contributed by atoms with van der Waals surface area (Å²) in [5.41, 5.74) is 4.24. The van der Waals surface area contributed by atoms with Gasteiger partial charge in [0.05, 0.1) is 35.1 Å². The summed E-state index contributed by atoms with van der Waals surface area (Å²) < 4.78 is 8.87. The normalized spacial score (nSPS) is 10.9. The van der Waals surface area contributed by atoms with E-state index in [0.717, 1.165) is 11.2 Å². The van der Waals surface area contributed by atoms with Gasteiger partial charge < -0.3 is 10.1 Å². The second-order valence-electron chi connectivity index (χ2n) is 8.13. The third-order valence-corrected chi connectivity index (χ3v) is 5.62. The predicted octanol–water partition coefficient (Wildman–Crippen LogP) is 3.84. The lowest BCUT2D eigenvalue weighted by Crippen LogP contribution is -2.11. The summed E-state index contributed by atoms with van der Waals surface area (Å²) >= 11 is 0. The zero-order valence-electron chi connectivity index (χ0n) is 20.0. The van der Waals surface area contributed by atoms with Crippen LogP contribution in [0.4, 0.5) is 11.5 Å². The molecule has 0 fully saturated rings. The van der Waals surface area contributed by atoms with Crippen molar-refractivity contribution in [3.63, 3.8) is 0 Å². The Bertz CT molecular complexity index is 1660. The van der Waals surface area contributed by atoms with Crippen molar-refractivity contribution in [1.82, 2.24) is 34.5 Å². The average molecular weight is 480 g/mol. The quantitative estimate of drug-likeness (QED) is 0.360. The van der Waals surface area contributed by atoms with E-state index in [2.05, 4.69) is 25.6 Å². The van der Waals surface area contributed by atoms with Crippen LogP contribution in [0.15, 0.2) is 48.8 Å². The molecule has 0 aliphatic carbocycles. The molecule has 4 heterocycles. The van der Waals surface area contributed by atoms with Crippen molar-refractivity contribution in [2.45, 2.75) is 20.8 Å². The molecule has 178 valence electrons. The third-order valence-electron chi connectivity index (χ3n) is 5.62. The molecule has 36 heavy (non-hydrogen) atoms. The number of nitrogens with one attached hydrogen (secondary N) is 1. The van der Waals surface area contributed by atoms with Gasteiger partial charge in [-0.15, -0.1) is 5.10 Å². The van der Waals surface area contributed by atoms with Gasteiger partial charge in [-0.3, -0.25) is 9.36 Å².